The van der Waals surface area contributed by atoms with Crippen LogP contribution < -0.4 is 10.9 Å². The van der Waals surface area contributed by atoms with E-state index >= 15 is 0 Å². The van der Waals surface area contributed by atoms with Gasteiger partial charge in [-0.3, -0.25) is 9.36 Å². The summed E-state index contributed by atoms with van der Waals surface area (Å²) in [5.41, 5.74) is 2.11. The molecule has 0 saturated carbocycles. The largest absolute Gasteiger partial charge is 0.379 e. The first kappa shape index (κ1) is 17.3. The van der Waals surface area contributed by atoms with Crippen molar-refractivity contribution in [2.75, 3.05) is 13.7 Å². The average molecular weight is 373 g/mol. The maximum absolute atomic E-state index is 13.1. The Morgan fingerprint density at radius 1 is 1.38 bits per heavy atom. The van der Waals surface area contributed by atoms with Crippen molar-refractivity contribution in [3.63, 3.8) is 0 Å². The third-order valence-corrected chi connectivity index (χ3v) is 5.95. The van der Waals surface area contributed by atoms with Gasteiger partial charge < -0.3 is 10.1 Å². The van der Waals surface area contributed by atoms with Crippen molar-refractivity contribution in [3.05, 3.63) is 62.8 Å². The monoisotopic (exact) mass is 373 g/mol. The lowest BCUT2D eigenvalue weighted by Crippen LogP contribution is -2.30. The summed E-state index contributed by atoms with van der Waals surface area (Å²) >= 11 is 1.60. The molecular weight excluding hydrogens is 353 g/mol. The lowest BCUT2D eigenvalue weighted by molar-refractivity contribution is 0.0870. The van der Waals surface area contributed by atoms with Crippen molar-refractivity contribution in [1.29, 1.82) is 0 Å². The Kier molecular flexibility index (Phi) is 4.84. The standard InChI is InChI=1S/C19H20FN3O2S/c1-25-14(8-12-2-4-13(20)5-3-12)10-23-11-22-18-17(19(23)24)15-6-7-21-9-16(15)26-18/h2-5,11,14,21H,6-10H2,1H3. The molecule has 1 aliphatic heterocycles. The van der Waals surface area contributed by atoms with Crippen LogP contribution in [0.1, 0.15) is 16.0 Å². The molecule has 7 heteroatoms. The molecule has 0 amide bonds. The number of rotatable bonds is 5. The van der Waals surface area contributed by atoms with Crippen LogP contribution in [0.5, 0.6) is 0 Å². The van der Waals surface area contributed by atoms with Crippen molar-refractivity contribution in [2.24, 2.45) is 0 Å². The number of aromatic nitrogens is 2. The molecule has 0 aliphatic carbocycles. The van der Waals surface area contributed by atoms with E-state index in [9.17, 15) is 9.18 Å². The van der Waals surface area contributed by atoms with E-state index in [2.05, 4.69) is 10.3 Å². The van der Waals surface area contributed by atoms with Gasteiger partial charge in [-0.2, -0.15) is 0 Å². The fourth-order valence-electron chi connectivity index (χ4n) is 3.41. The van der Waals surface area contributed by atoms with Gasteiger partial charge in [0.25, 0.3) is 5.56 Å². The van der Waals surface area contributed by atoms with Crippen molar-refractivity contribution in [3.8, 4) is 0 Å². The van der Waals surface area contributed by atoms with Gasteiger partial charge in [0.1, 0.15) is 10.6 Å². The van der Waals surface area contributed by atoms with E-state index in [4.69, 9.17) is 4.74 Å². The van der Waals surface area contributed by atoms with E-state index in [-0.39, 0.29) is 17.5 Å². The third kappa shape index (κ3) is 3.30. The Bertz CT molecular complexity index is 981. The highest BCUT2D eigenvalue weighted by Gasteiger charge is 2.20. The second-order valence-electron chi connectivity index (χ2n) is 6.50. The molecule has 1 N–H and O–H groups in total. The molecule has 0 radical (unpaired) electrons. The summed E-state index contributed by atoms with van der Waals surface area (Å²) in [5.74, 6) is -0.259. The summed E-state index contributed by atoms with van der Waals surface area (Å²) in [7, 11) is 1.63. The molecule has 3 aromatic rings. The summed E-state index contributed by atoms with van der Waals surface area (Å²) in [6.45, 7) is 2.11. The Hall–Kier alpha value is -2.09. The molecule has 0 bridgehead atoms. The number of thiophene rings is 1. The van der Waals surface area contributed by atoms with Gasteiger partial charge in [0, 0.05) is 25.0 Å². The van der Waals surface area contributed by atoms with E-state index in [0.717, 1.165) is 40.9 Å². The number of hydrogen-bond donors (Lipinski definition) is 1. The minimum Gasteiger partial charge on any atom is -0.379 e. The van der Waals surface area contributed by atoms with Crippen LogP contribution >= 0.6 is 11.3 Å². The van der Waals surface area contributed by atoms with Gasteiger partial charge in [0.05, 0.1) is 24.4 Å². The summed E-state index contributed by atoms with van der Waals surface area (Å²) in [4.78, 5) is 19.5. The summed E-state index contributed by atoms with van der Waals surface area (Å²) in [6, 6.07) is 6.36. The van der Waals surface area contributed by atoms with Crippen LogP contribution in [-0.2, 0) is 30.7 Å². The molecule has 1 unspecified atom stereocenters. The van der Waals surface area contributed by atoms with Crippen LogP contribution in [-0.4, -0.2) is 29.3 Å². The second kappa shape index (κ2) is 7.26. The topological polar surface area (TPSA) is 56.2 Å². The summed E-state index contributed by atoms with van der Waals surface area (Å²) in [5, 5.41) is 4.09. The number of halogens is 1. The quantitative estimate of drug-likeness (QED) is 0.747. The molecule has 1 aliphatic rings. The number of fused-ring (bicyclic) bond motifs is 3. The number of nitrogens with zero attached hydrogens (tertiary/aromatic N) is 2. The second-order valence-corrected chi connectivity index (χ2v) is 7.58. The van der Waals surface area contributed by atoms with Crippen molar-refractivity contribution in [1.82, 2.24) is 14.9 Å². The SMILES string of the molecule is COC(Cc1ccc(F)cc1)Cn1cnc2sc3c(c2c1=O)CCNC3. The Labute approximate surface area is 154 Å². The molecular formula is C19H20FN3O2S. The van der Waals surface area contributed by atoms with E-state index in [1.165, 1.54) is 17.0 Å². The molecule has 5 nitrogen and oxygen atoms in total. The first-order valence-electron chi connectivity index (χ1n) is 8.63. The summed E-state index contributed by atoms with van der Waals surface area (Å²) in [6.07, 6.45) is 2.89. The van der Waals surface area contributed by atoms with Gasteiger partial charge in [-0.25, -0.2) is 9.37 Å². The highest BCUT2D eigenvalue weighted by Crippen LogP contribution is 2.29. The van der Waals surface area contributed by atoms with E-state index in [1.807, 2.05) is 0 Å². The smallest absolute Gasteiger partial charge is 0.262 e. The molecule has 2 aromatic heterocycles. The molecule has 0 fully saturated rings. The van der Waals surface area contributed by atoms with E-state index in [0.29, 0.717) is 13.0 Å². The molecule has 3 heterocycles. The maximum Gasteiger partial charge on any atom is 0.262 e. The zero-order valence-corrected chi connectivity index (χ0v) is 15.3. The predicted octanol–water partition coefficient (Wildman–Crippen LogP) is 2.50. The number of hydrogen-bond acceptors (Lipinski definition) is 5. The van der Waals surface area contributed by atoms with Crippen LogP contribution in [0.25, 0.3) is 10.2 Å². The van der Waals surface area contributed by atoms with Crippen molar-refractivity contribution < 1.29 is 9.13 Å². The van der Waals surface area contributed by atoms with Crippen molar-refractivity contribution >= 4 is 21.6 Å². The fourth-order valence-corrected chi connectivity index (χ4v) is 4.55. The van der Waals surface area contributed by atoms with Gasteiger partial charge in [0.2, 0.25) is 0 Å². The Balaban J connectivity index is 1.62. The minimum atomic E-state index is -0.259. The van der Waals surface area contributed by atoms with Crippen LogP contribution in [0.15, 0.2) is 35.4 Å². The number of nitrogens with one attached hydrogen (secondary N) is 1. The number of methoxy groups -OCH3 is 1. The van der Waals surface area contributed by atoms with Crippen molar-refractivity contribution in [2.45, 2.75) is 32.0 Å². The Morgan fingerprint density at radius 2 is 2.19 bits per heavy atom. The molecule has 4 rings (SSSR count). The molecule has 0 spiro atoms. The van der Waals surface area contributed by atoms with E-state index in [1.54, 1.807) is 41.5 Å². The van der Waals surface area contributed by atoms with Gasteiger partial charge in [-0.15, -0.1) is 11.3 Å². The molecule has 1 atom stereocenters. The summed E-state index contributed by atoms with van der Waals surface area (Å²) < 4.78 is 20.3. The normalized spacial score (nSPS) is 15.2. The molecule has 1 aromatic carbocycles. The van der Waals surface area contributed by atoms with Crippen LogP contribution in [0.2, 0.25) is 0 Å². The van der Waals surface area contributed by atoms with Gasteiger partial charge >= 0.3 is 0 Å². The van der Waals surface area contributed by atoms with Crippen LogP contribution in [0, 0.1) is 5.82 Å². The Morgan fingerprint density at radius 3 is 2.96 bits per heavy atom. The minimum absolute atomic E-state index is 0.00411. The first-order chi connectivity index (χ1) is 12.7. The molecule has 0 saturated heterocycles. The van der Waals surface area contributed by atoms with Gasteiger partial charge in [0.15, 0.2) is 0 Å². The van der Waals surface area contributed by atoms with Gasteiger partial charge in [-0.05, 0) is 36.2 Å². The number of ether oxygens (including phenoxy) is 1. The van der Waals surface area contributed by atoms with Gasteiger partial charge in [-0.1, -0.05) is 12.1 Å². The zero-order valence-electron chi connectivity index (χ0n) is 14.5. The maximum atomic E-state index is 13.1. The number of benzene rings is 1. The average Bonchev–Trinajstić information content (AvgIpc) is 3.04. The highest BCUT2D eigenvalue weighted by atomic mass is 32.1. The lowest BCUT2D eigenvalue weighted by Gasteiger charge is -2.17. The fraction of sp³-hybridized carbons (Fsp3) is 0.368. The first-order valence-corrected chi connectivity index (χ1v) is 9.45. The predicted molar refractivity (Wildman–Crippen MR) is 100 cm³/mol. The van der Waals surface area contributed by atoms with Crippen LogP contribution in [0.3, 0.4) is 0 Å². The van der Waals surface area contributed by atoms with E-state index < -0.39 is 0 Å². The molecule has 136 valence electrons. The zero-order chi connectivity index (χ0) is 18.1. The lowest BCUT2D eigenvalue weighted by atomic mass is 10.1. The van der Waals surface area contributed by atoms with Crippen LogP contribution in [0.4, 0.5) is 4.39 Å². The highest BCUT2D eigenvalue weighted by molar-refractivity contribution is 7.18. The third-order valence-electron chi connectivity index (χ3n) is 4.81. The molecule has 26 heavy (non-hydrogen) atoms.